The molecule has 0 radical (unpaired) electrons. The molecule has 1 N–H and O–H groups in total. The second-order valence-electron chi connectivity index (χ2n) is 4.85. The van der Waals surface area contributed by atoms with Crippen LogP contribution in [0.25, 0.3) is 0 Å². The van der Waals surface area contributed by atoms with Gasteiger partial charge in [-0.05, 0) is 42.5 Å². The number of nitrogens with one attached hydrogen (secondary N) is 1. The monoisotopic (exact) mass is 350 g/mol. The summed E-state index contributed by atoms with van der Waals surface area (Å²) in [7, 11) is 0.497. The molecule has 2 rings (SSSR count). The summed E-state index contributed by atoms with van der Waals surface area (Å²) in [6, 6.07) is 12.2. The van der Waals surface area contributed by atoms with Crippen molar-refractivity contribution < 1.29 is 22.8 Å². The molecule has 0 aliphatic heterocycles. The van der Waals surface area contributed by atoms with Crippen molar-refractivity contribution in [3.05, 3.63) is 54.1 Å². The molecule has 0 aliphatic rings. The highest BCUT2D eigenvalue weighted by atomic mass is 32.2. The van der Waals surface area contributed by atoms with Crippen molar-refractivity contribution in [2.45, 2.75) is 4.90 Å². The van der Waals surface area contributed by atoms with Crippen LogP contribution in [0.5, 0.6) is 5.75 Å². The summed E-state index contributed by atoms with van der Waals surface area (Å²) in [5.41, 5.74) is 0.596. The van der Waals surface area contributed by atoms with Gasteiger partial charge in [0.15, 0.2) is 0 Å². The van der Waals surface area contributed by atoms with Gasteiger partial charge in [-0.3, -0.25) is 14.4 Å². The van der Waals surface area contributed by atoms with E-state index in [1.807, 2.05) is 0 Å². The van der Waals surface area contributed by atoms with Gasteiger partial charge in [0, 0.05) is 18.3 Å². The molecule has 0 aliphatic carbocycles. The van der Waals surface area contributed by atoms with Crippen LogP contribution in [0.15, 0.2) is 53.4 Å². The minimum Gasteiger partial charge on any atom is -0.497 e. The van der Waals surface area contributed by atoms with Crippen LogP contribution in [0, 0.1) is 0 Å². The number of ether oxygens (including phenoxy) is 1. The molecule has 24 heavy (non-hydrogen) atoms. The number of carbonyl (C=O) groups excluding carboxylic acids is 1. The summed E-state index contributed by atoms with van der Waals surface area (Å²) in [6.07, 6.45) is 0. The number of hydrogen-bond donors (Lipinski definition) is 1. The number of sulfonamides is 1. The zero-order valence-electron chi connectivity index (χ0n) is 13.5. The van der Waals surface area contributed by atoms with E-state index >= 15 is 0 Å². The number of hydroxylamine groups is 2. The first-order chi connectivity index (χ1) is 11.4. The number of anilines is 1. The van der Waals surface area contributed by atoms with Crippen LogP contribution in [-0.4, -0.2) is 40.7 Å². The van der Waals surface area contributed by atoms with Crippen LogP contribution in [0.3, 0.4) is 0 Å². The first kappa shape index (κ1) is 17.8. The van der Waals surface area contributed by atoms with E-state index < -0.39 is 15.9 Å². The Morgan fingerprint density at radius 1 is 1.08 bits per heavy atom. The predicted molar refractivity (Wildman–Crippen MR) is 89.3 cm³/mol. The number of methoxy groups -OCH3 is 1. The molecule has 0 saturated heterocycles. The largest absolute Gasteiger partial charge is 0.497 e. The van der Waals surface area contributed by atoms with E-state index in [-0.39, 0.29) is 10.5 Å². The van der Waals surface area contributed by atoms with Crippen LogP contribution in [-0.2, 0) is 14.9 Å². The van der Waals surface area contributed by atoms with Gasteiger partial charge < -0.3 is 4.74 Å². The van der Waals surface area contributed by atoms with Crippen molar-refractivity contribution in [1.82, 2.24) is 5.06 Å². The van der Waals surface area contributed by atoms with Crippen molar-refractivity contribution in [3.8, 4) is 5.75 Å². The molecule has 0 spiro atoms. The smallest absolute Gasteiger partial charge is 0.277 e. The maximum atomic E-state index is 12.5. The average molecular weight is 350 g/mol. The highest BCUT2D eigenvalue weighted by molar-refractivity contribution is 7.92. The second kappa shape index (κ2) is 7.33. The van der Waals surface area contributed by atoms with Gasteiger partial charge in [0.2, 0.25) is 0 Å². The van der Waals surface area contributed by atoms with E-state index in [4.69, 9.17) is 9.57 Å². The molecule has 2 aromatic carbocycles. The van der Waals surface area contributed by atoms with Gasteiger partial charge in [-0.25, -0.2) is 13.5 Å². The van der Waals surface area contributed by atoms with Crippen LogP contribution < -0.4 is 9.46 Å². The summed E-state index contributed by atoms with van der Waals surface area (Å²) in [5, 5.41) is 1.02. The molecule has 0 fully saturated rings. The lowest BCUT2D eigenvalue weighted by molar-refractivity contribution is -0.0757. The fourth-order valence-electron chi connectivity index (χ4n) is 1.93. The Kier molecular flexibility index (Phi) is 5.42. The molecule has 128 valence electrons. The maximum Gasteiger partial charge on any atom is 0.277 e. The molecule has 0 bridgehead atoms. The summed E-state index contributed by atoms with van der Waals surface area (Å²) in [4.78, 5) is 16.9. The Bertz CT molecular complexity index is 819. The number of carbonyl (C=O) groups is 1. The van der Waals surface area contributed by atoms with E-state index in [2.05, 4.69) is 4.72 Å². The fourth-order valence-corrected chi connectivity index (χ4v) is 3.04. The Labute approximate surface area is 140 Å². The lowest BCUT2D eigenvalue weighted by Crippen LogP contribution is -2.25. The van der Waals surface area contributed by atoms with Crippen LogP contribution in [0.2, 0.25) is 0 Å². The molecule has 0 heterocycles. The van der Waals surface area contributed by atoms with Gasteiger partial charge in [0.1, 0.15) is 5.75 Å². The predicted octanol–water partition coefficient (Wildman–Crippen LogP) is 2.13. The number of hydrogen-bond acceptors (Lipinski definition) is 5. The standard InChI is InChI=1S/C16H18N2O5S/c1-18(23-3)16(19)12-5-4-6-15(11-12)24(20,21)17-13-7-9-14(22-2)10-8-13/h4-11,17H,1-3H3. The Balaban J connectivity index is 2.27. The Hall–Kier alpha value is -2.58. The third-order valence-corrected chi connectivity index (χ3v) is 4.67. The molecule has 0 aromatic heterocycles. The van der Waals surface area contributed by atoms with Gasteiger partial charge in [-0.2, -0.15) is 0 Å². The summed E-state index contributed by atoms with van der Waals surface area (Å²) in [6.45, 7) is 0. The molecule has 0 saturated carbocycles. The van der Waals surface area contributed by atoms with Gasteiger partial charge in [-0.15, -0.1) is 0 Å². The van der Waals surface area contributed by atoms with Crippen LogP contribution >= 0.6 is 0 Å². The molecule has 2 aromatic rings. The summed E-state index contributed by atoms with van der Waals surface area (Å²) >= 11 is 0. The van der Waals surface area contributed by atoms with Crippen molar-refractivity contribution in [2.24, 2.45) is 0 Å². The van der Waals surface area contributed by atoms with Gasteiger partial charge in [0.05, 0.1) is 19.1 Å². The lowest BCUT2D eigenvalue weighted by Gasteiger charge is -2.14. The van der Waals surface area contributed by atoms with Gasteiger partial charge in [0.25, 0.3) is 15.9 Å². The van der Waals surface area contributed by atoms with Crippen molar-refractivity contribution >= 4 is 21.6 Å². The van der Waals surface area contributed by atoms with E-state index in [1.54, 1.807) is 24.3 Å². The van der Waals surface area contributed by atoms with E-state index in [1.165, 1.54) is 45.5 Å². The molecular weight excluding hydrogens is 332 g/mol. The molecular formula is C16H18N2O5S. The Morgan fingerprint density at radius 2 is 1.75 bits per heavy atom. The molecule has 0 unspecified atom stereocenters. The summed E-state index contributed by atoms with van der Waals surface area (Å²) in [5.74, 6) is 0.173. The van der Waals surface area contributed by atoms with E-state index in [0.29, 0.717) is 11.4 Å². The normalized spacial score (nSPS) is 11.0. The topological polar surface area (TPSA) is 84.9 Å². The Morgan fingerprint density at radius 3 is 2.33 bits per heavy atom. The average Bonchev–Trinajstić information content (AvgIpc) is 2.61. The zero-order chi connectivity index (χ0) is 17.7. The molecule has 1 amide bonds. The zero-order valence-corrected chi connectivity index (χ0v) is 14.3. The second-order valence-corrected chi connectivity index (χ2v) is 6.53. The third-order valence-electron chi connectivity index (χ3n) is 3.29. The number of nitrogens with zero attached hydrogens (tertiary/aromatic N) is 1. The van der Waals surface area contributed by atoms with Gasteiger partial charge >= 0.3 is 0 Å². The van der Waals surface area contributed by atoms with Gasteiger partial charge in [-0.1, -0.05) is 6.07 Å². The van der Waals surface area contributed by atoms with Crippen molar-refractivity contribution in [2.75, 3.05) is 26.0 Å². The highest BCUT2D eigenvalue weighted by Crippen LogP contribution is 2.20. The quantitative estimate of drug-likeness (QED) is 0.807. The summed E-state index contributed by atoms with van der Waals surface area (Å²) < 4.78 is 32.4. The first-order valence-corrected chi connectivity index (χ1v) is 8.45. The number of amides is 1. The van der Waals surface area contributed by atoms with E-state index in [0.717, 1.165) is 5.06 Å². The first-order valence-electron chi connectivity index (χ1n) is 6.96. The SMILES string of the molecule is COc1ccc(NS(=O)(=O)c2cccc(C(=O)N(C)OC)c2)cc1. The lowest BCUT2D eigenvalue weighted by atomic mass is 10.2. The van der Waals surface area contributed by atoms with Crippen molar-refractivity contribution in [1.29, 1.82) is 0 Å². The van der Waals surface area contributed by atoms with Crippen LogP contribution in [0.1, 0.15) is 10.4 Å². The van der Waals surface area contributed by atoms with Crippen LogP contribution in [0.4, 0.5) is 5.69 Å². The highest BCUT2D eigenvalue weighted by Gasteiger charge is 2.18. The molecule has 0 atom stereocenters. The number of benzene rings is 2. The molecule has 7 nitrogen and oxygen atoms in total. The molecule has 8 heteroatoms. The van der Waals surface area contributed by atoms with Crippen molar-refractivity contribution in [3.63, 3.8) is 0 Å². The maximum absolute atomic E-state index is 12.5. The minimum absolute atomic E-state index is 0.0197. The van der Waals surface area contributed by atoms with E-state index in [9.17, 15) is 13.2 Å². The fraction of sp³-hybridized carbons (Fsp3) is 0.188. The third kappa shape index (κ3) is 4.03. The minimum atomic E-state index is -3.82. The number of rotatable bonds is 6.